The van der Waals surface area contributed by atoms with Crippen molar-refractivity contribution in [3.05, 3.63) is 45.9 Å². The van der Waals surface area contributed by atoms with Gasteiger partial charge in [0.15, 0.2) is 11.5 Å². The summed E-state index contributed by atoms with van der Waals surface area (Å²) in [7, 11) is 0. The number of aromatic nitrogens is 2. The van der Waals surface area contributed by atoms with Crippen LogP contribution in [0.15, 0.2) is 29.1 Å². The first kappa shape index (κ1) is 12.2. The molecule has 1 aliphatic rings. The third-order valence-electron chi connectivity index (χ3n) is 2.86. The molecule has 20 heavy (non-hydrogen) atoms. The first-order valence-electron chi connectivity index (χ1n) is 5.80. The van der Waals surface area contributed by atoms with Gasteiger partial charge in [0.2, 0.25) is 6.79 Å². The van der Waals surface area contributed by atoms with E-state index in [-0.39, 0.29) is 12.4 Å². The van der Waals surface area contributed by atoms with Crippen LogP contribution in [-0.4, -0.2) is 27.6 Å². The fraction of sp³-hybridized carbons (Fsp3) is 0.154. The number of carboxylic acids is 1. The number of benzene rings is 1. The second-order valence-corrected chi connectivity index (χ2v) is 4.26. The monoisotopic (exact) mass is 274 g/mol. The molecule has 102 valence electrons. The quantitative estimate of drug-likeness (QED) is 0.877. The molecule has 1 aromatic heterocycles. The SMILES string of the molecule is Cc1cc(C(=O)O)c(=O)n(-c2ccc3c(c2)OCO3)n1. The van der Waals surface area contributed by atoms with Crippen LogP contribution in [0.1, 0.15) is 16.1 Å². The predicted molar refractivity (Wildman–Crippen MR) is 67.7 cm³/mol. The molecule has 1 aliphatic heterocycles. The van der Waals surface area contributed by atoms with Gasteiger partial charge in [-0.25, -0.2) is 4.79 Å². The number of ether oxygens (including phenoxy) is 2. The van der Waals surface area contributed by atoms with Crippen molar-refractivity contribution < 1.29 is 19.4 Å². The van der Waals surface area contributed by atoms with Crippen LogP contribution in [0.5, 0.6) is 11.5 Å². The van der Waals surface area contributed by atoms with Crippen molar-refractivity contribution in [3.63, 3.8) is 0 Å². The smallest absolute Gasteiger partial charge is 0.341 e. The third-order valence-corrected chi connectivity index (χ3v) is 2.86. The molecular formula is C13H10N2O5. The van der Waals surface area contributed by atoms with Gasteiger partial charge in [-0.2, -0.15) is 9.78 Å². The summed E-state index contributed by atoms with van der Waals surface area (Å²) in [6.45, 7) is 1.74. The number of carbonyl (C=O) groups is 1. The van der Waals surface area contributed by atoms with Crippen molar-refractivity contribution in [1.82, 2.24) is 9.78 Å². The van der Waals surface area contributed by atoms with Crippen molar-refractivity contribution in [1.29, 1.82) is 0 Å². The molecule has 0 saturated heterocycles. The zero-order valence-electron chi connectivity index (χ0n) is 10.5. The van der Waals surface area contributed by atoms with Gasteiger partial charge in [0.25, 0.3) is 5.56 Å². The van der Waals surface area contributed by atoms with E-state index in [9.17, 15) is 9.59 Å². The summed E-state index contributed by atoms with van der Waals surface area (Å²) in [5.74, 6) is -0.211. The number of carboxylic acid groups (broad SMARTS) is 1. The Labute approximate surface area is 113 Å². The standard InChI is InChI=1S/C13H10N2O5/c1-7-4-9(13(17)18)12(16)15(14-7)8-2-3-10-11(5-8)20-6-19-10/h2-5H,6H2,1H3,(H,17,18). The highest BCUT2D eigenvalue weighted by Gasteiger charge is 2.17. The molecule has 0 amide bonds. The predicted octanol–water partition coefficient (Wildman–Crippen LogP) is 0.968. The van der Waals surface area contributed by atoms with Crippen molar-refractivity contribution >= 4 is 5.97 Å². The normalized spacial score (nSPS) is 12.4. The van der Waals surface area contributed by atoms with Crippen molar-refractivity contribution in [2.75, 3.05) is 6.79 Å². The highest BCUT2D eigenvalue weighted by Crippen LogP contribution is 2.33. The van der Waals surface area contributed by atoms with Gasteiger partial charge in [-0.3, -0.25) is 4.79 Å². The maximum absolute atomic E-state index is 12.1. The number of fused-ring (bicyclic) bond motifs is 1. The summed E-state index contributed by atoms with van der Waals surface area (Å²) < 4.78 is 11.5. The molecule has 0 aliphatic carbocycles. The van der Waals surface area contributed by atoms with E-state index in [1.807, 2.05) is 0 Å². The van der Waals surface area contributed by atoms with E-state index < -0.39 is 11.5 Å². The largest absolute Gasteiger partial charge is 0.477 e. The Morgan fingerprint density at radius 2 is 2.05 bits per heavy atom. The van der Waals surface area contributed by atoms with Gasteiger partial charge in [-0.1, -0.05) is 0 Å². The minimum Gasteiger partial charge on any atom is -0.477 e. The van der Waals surface area contributed by atoms with Crippen molar-refractivity contribution in [2.45, 2.75) is 6.92 Å². The average Bonchev–Trinajstić information content (AvgIpc) is 2.87. The fourth-order valence-electron chi connectivity index (χ4n) is 1.96. The lowest BCUT2D eigenvalue weighted by Crippen LogP contribution is -2.27. The molecule has 7 heteroatoms. The molecule has 0 spiro atoms. The molecule has 1 aromatic carbocycles. The maximum Gasteiger partial charge on any atom is 0.341 e. The Balaban J connectivity index is 2.20. The van der Waals surface area contributed by atoms with Crippen LogP contribution in [0.25, 0.3) is 5.69 Å². The maximum atomic E-state index is 12.1. The summed E-state index contributed by atoms with van der Waals surface area (Å²) in [6.07, 6.45) is 0. The molecule has 0 radical (unpaired) electrons. The number of hydrogen-bond donors (Lipinski definition) is 1. The zero-order valence-corrected chi connectivity index (χ0v) is 10.5. The second-order valence-electron chi connectivity index (χ2n) is 4.26. The van der Waals surface area contributed by atoms with Crippen molar-refractivity contribution in [3.8, 4) is 17.2 Å². The third kappa shape index (κ3) is 1.89. The van der Waals surface area contributed by atoms with Gasteiger partial charge in [0.1, 0.15) is 5.56 Å². The van der Waals surface area contributed by atoms with Gasteiger partial charge in [0, 0.05) is 6.07 Å². The molecule has 0 unspecified atom stereocenters. The fourth-order valence-corrected chi connectivity index (χ4v) is 1.96. The summed E-state index contributed by atoms with van der Waals surface area (Å²) in [4.78, 5) is 23.2. The average molecular weight is 274 g/mol. The molecule has 7 nitrogen and oxygen atoms in total. The van der Waals surface area contributed by atoms with E-state index in [1.54, 1.807) is 25.1 Å². The van der Waals surface area contributed by atoms with Gasteiger partial charge in [0.05, 0.1) is 11.4 Å². The number of hydrogen-bond acceptors (Lipinski definition) is 5. The van der Waals surface area contributed by atoms with Crippen LogP contribution in [0.3, 0.4) is 0 Å². The van der Waals surface area contributed by atoms with E-state index in [1.165, 1.54) is 6.07 Å². The lowest BCUT2D eigenvalue weighted by Gasteiger charge is -2.07. The second kappa shape index (κ2) is 4.37. The number of rotatable bonds is 2. The molecule has 0 fully saturated rings. The van der Waals surface area contributed by atoms with E-state index in [2.05, 4.69) is 5.10 Å². The lowest BCUT2D eigenvalue weighted by atomic mass is 10.2. The first-order chi connectivity index (χ1) is 9.56. The van der Waals surface area contributed by atoms with Gasteiger partial charge >= 0.3 is 5.97 Å². The molecule has 3 rings (SSSR count). The highest BCUT2D eigenvalue weighted by atomic mass is 16.7. The number of aryl methyl sites for hydroxylation is 1. The van der Waals surface area contributed by atoms with Crippen LogP contribution in [0.2, 0.25) is 0 Å². The summed E-state index contributed by atoms with van der Waals surface area (Å²) in [5.41, 5.74) is -0.165. The van der Waals surface area contributed by atoms with E-state index in [4.69, 9.17) is 14.6 Å². The number of nitrogens with zero attached hydrogens (tertiary/aromatic N) is 2. The number of aromatic carboxylic acids is 1. The van der Waals surface area contributed by atoms with Crippen LogP contribution >= 0.6 is 0 Å². The Bertz CT molecular complexity index is 766. The first-order valence-corrected chi connectivity index (χ1v) is 5.80. The molecule has 2 heterocycles. The Kier molecular flexibility index (Phi) is 2.67. The minimum atomic E-state index is -1.28. The topological polar surface area (TPSA) is 90.7 Å². The molecule has 0 saturated carbocycles. The van der Waals surface area contributed by atoms with Crippen LogP contribution < -0.4 is 15.0 Å². The Morgan fingerprint density at radius 3 is 2.80 bits per heavy atom. The van der Waals surface area contributed by atoms with Crippen molar-refractivity contribution in [2.24, 2.45) is 0 Å². The lowest BCUT2D eigenvalue weighted by molar-refractivity contribution is 0.0694. The molecule has 1 N–H and O–H groups in total. The zero-order chi connectivity index (χ0) is 14.3. The molecule has 0 atom stereocenters. The van der Waals surface area contributed by atoms with E-state index in [0.29, 0.717) is 22.9 Å². The van der Waals surface area contributed by atoms with E-state index in [0.717, 1.165) is 4.68 Å². The Hall–Kier alpha value is -2.83. The summed E-state index contributed by atoms with van der Waals surface area (Å²) in [5, 5.41) is 13.1. The van der Waals surface area contributed by atoms with Gasteiger partial charge in [-0.15, -0.1) is 0 Å². The minimum absolute atomic E-state index is 0.120. The van der Waals surface area contributed by atoms with Gasteiger partial charge < -0.3 is 14.6 Å². The summed E-state index contributed by atoms with van der Waals surface area (Å²) >= 11 is 0. The molecular weight excluding hydrogens is 264 g/mol. The van der Waals surface area contributed by atoms with Crippen LogP contribution in [-0.2, 0) is 0 Å². The molecule has 0 bridgehead atoms. The summed E-state index contributed by atoms with van der Waals surface area (Å²) in [6, 6.07) is 6.09. The van der Waals surface area contributed by atoms with E-state index >= 15 is 0 Å². The molecule has 2 aromatic rings. The van der Waals surface area contributed by atoms with Gasteiger partial charge in [-0.05, 0) is 25.1 Å². The highest BCUT2D eigenvalue weighted by molar-refractivity contribution is 5.87. The Morgan fingerprint density at radius 1 is 1.30 bits per heavy atom. The van der Waals surface area contributed by atoms with Crippen LogP contribution in [0.4, 0.5) is 0 Å². The van der Waals surface area contributed by atoms with Crippen LogP contribution in [0, 0.1) is 6.92 Å².